The van der Waals surface area contributed by atoms with Crippen LogP contribution >= 0.6 is 0 Å². The number of carboxylic acids is 1. The Morgan fingerprint density at radius 2 is 2.05 bits per heavy atom. The van der Waals surface area contributed by atoms with Gasteiger partial charge >= 0.3 is 5.97 Å². The summed E-state index contributed by atoms with van der Waals surface area (Å²) in [5, 5.41) is 9.16. The lowest BCUT2D eigenvalue weighted by Crippen LogP contribution is -2.38. The molecule has 0 bridgehead atoms. The van der Waals surface area contributed by atoms with Gasteiger partial charge in [-0.3, -0.25) is 14.4 Å². The number of H-pyrrole nitrogens is 1. The fourth-order valence-electron chi connectivity index (χ4n) is 1.97. The number of amides is 1. The maximum atomic E-state index is 12.3. The number of carbonyl (C=O) groups excluding carboxylic acids is 1. The van der Waals surface area contributed by atoms with Crippen LogP contribution in [0, 0.1) is 12.3 Å². The number of terminal acetylenes is 1. The zero-order valence-electron chi connectivity index (χ0n) is 11.0. The van der Waals surface area contributed by atoms with E-state index in [1.807, 2.05) is 0 Å². The fourth-order valence-corrected chi connectivity index (χ4v) is 1.97. The third kappa shape index (κ3) is 2.92. The van der Waals surface area contributed by atoms with Crippen LogP contribution in [0.2, 0.25) is 0 Å². The van der Waals surface area contributed by atoms with Crippen molar-refractivity contribution in [3.63, 3.8) is 0 Å². The molecule has 0 aliphatic heterocycles. The first-order valence-corrected chi connectivity index (χ1v) is 6.09. The smallest absolute Gasteiger partial charge is 0.323 e. The molecule has 0 saturated carbocycles. The fraction of sp³-hybridized carbons (Fsp3) is 0.133. The first-order chi connectivity index (χ1) is 10.0. The number of hydrogen-bond acceptors (Lipinski definition) is 3. The molecular weight excluding hydrogens is 272 g/mol. The van der Waals surface area contributed by atoms with Crippen LogP contribution in [0.1, 0.15) is 10.4 Å². The lowest BCUT2D eigenvalue weighted by Gasteiger charge is -2.17. The Labute approximate surface area is 120 Å². The highest BCUT2D eigenvalue weighted by molar-refractivity contribution is 5.98. The van der Waals surface area contributed by atoms with Gasteiger partial charge in [-0.25, -0.2) is 0 Å². The molecule has 0 radical (unpaired) electrons. The molecule has 0 spiro atoms. The quantitative estimate of drug-likeness (QED) is 0.808. The number of hydrogen-bond donors (Lipinski definition) is 2. The van der Waals surface area contributed by atoms with Crippen molar-refractivity contribution in [1.29, 1.82) is 0 Å². The van der Waals surface area contributed by atoms with Crippen LogP contribution in [0.25, 0.3) is 10.9 Å². The zero-order chi connectivity index (χ0) is 15.4. The van der Waals surface area contributed by atoms with Gasteiger partial charge < -0.3 is 15.0 Å². The molecule has 1 aromatic heterocycles. The summed E-state index contributed by atoms with van der Waals surface area (Å²) in [7, 11) is 0. The van der Waals surface area contributed by atoms with Crippen LogP contribution in [-0.4, -0.2) is 40.0 Å². The van der Waals surface area contributed by atoms with Crippen molar-refractivity contribution in [1.82, 2.24) is 9.88 Å². The number of carboxylic acid groups (broad SMARTS) is 1. The number of nitrogens with zero attached hydrogens (tertiary/aromatic N) is 1. The van der Waals surface area contributed by atoms with Crippen molar-refractivity contribution in [2.45, 2.75) is 0 Å². The lowest BCUT2D eigenvalue weighted by atomic mass is 10.1. The number of para-hydroxylation sites is 1. The molecule has 0 atom stereocenters. The Balaban J connectivity index is 2.47. The third-order valence-corrected chi connectivity index (χ3v) is 2.91. The molecule has 0 fully saturated rings. The first kappa shape index (κ1) is 14.3. The van der Waals surface area contributed by atoms with E-state index in [0.29, 0.717) is 10.9 Å². The highest BCUT2D eigenvalue weighted by Gasteiger charge is 2.21. The van der Waals surface area contributed by atoms with Gasteiger partial charge in [-0.15, -0.1) is 6.42 Å². The first-order valence-electron chi connectivity index (χ1n) is 6.09. The second kappa shape index (κ2) is 5.92. The Bertz CT molecular complexity index is 801. The van der Waals surface area contributed by atoms with Crippen molar-refractivity contribution >= 4 is 22.8 Å². The molecule has 2 aromatic rings. The van der Waals surface area contributed by atoms with Crippen molar-refractivity contribution in [2.24, 2.45) is 0 Å². The summed E-state index contributed by atoms with van der Waals surface area (Å²) in [5.41, 5.74) is 0.00717. The maximum absolute atomic E-state index is 12.3. The zero-order valence-corrected chi connectivity index (χ0v) is 11.0. The molecule has 0 aliphatic rings. The van der Waals surface area contributed by atoms with Crippen LogP contribution in [0.3, 0.4) is 0 Å². The number of pyridine rings is 1. The normalized spacial score (nSPS) is 10.0. The van der Waals surface area contributed by atoms with Gasteiger partial charge in [0.25, 0.3) is 5.91 Å². The SMILES string of the molecule is C#CCN(CC(=O)O)C(=O)c1c[nH]c2ccccc2c1=O. The van der Waals surface area contributed by atoms with Gasteiger partial charge in [0.2, 0.25) is 5.43 Å². The largest absolute Gasteiger partial charge is 0.480 e. The standard InChI is InChI=1S/C15H12N2O4/c1-2-7-17(9-13(18)19)15(21)11-8-16-12-6-4-3-5-10(12)14(11)20/h1,3-6,8H,7,9H2,(H,16,20)(H,18,19). The number of nitrogens with one attached hydrogen (secondary N) is 1. The van der Waals surface area contributed by atoms with Gasteiger partial charge in [0, 0.05) is 17.1 Å². The van der Waals surface area contributed by atoms with E-state index in [9.17, 15) is 14.4 Å². The van der Waals surface area contributed by atoms with E-state index < -0.39 is 23.9 Å². The summed E-state index contributed by atoms with van der Waals surface area (Å²) < 4.78 is 0. The minimum atomic E-state index is -1.20. The van der Waals surface area contributed by atoms with E-state index in [4.69, 9.17) is 11.5 Å². The van der Waals surface area contributed by atoms with Gasteiger partial charge in [-0.05, 0) is 12.1 Å². The minimum absolute atomic E-state index is 0.134. The van der Waals surface area contributed by atoms with Crippen molar-refractivity contribution in [3.05, 3.63) is 46.2 Å². The van der Waals surface area contributed by atoms with E-state index in [2.05, 4.69) is 10.9 Å². The van der Waals surface area contributed by atoms with Gasteiger partial charge in [0.15, 0.2) is 0 Å². The number of fused-ring (bicyclic) bond motifs is 1. The number of rotatable bonds is 4. The van der Waals surface area contributed by atoms with Gasteiger partial charge in [-0.2, -0.15) is 0 Å². The average molecular weight is 284 g/mol. The van der Waals surface area contributed by atoms with Crippen LogP contribution < -0.4 is 5.43 Å². The van der Waals surface area contributed by atoms with Gasteiger partial charge in [0.05, 0.1) is 6.54 Å². The van der Waals surface area contributed by atoms with E-state index in [0.717, 1.165) is 4.90 Å². The molecule has 21 heavy (non-hydrogen) atoms. The summed E-state index contributed by atoms with van der Waals surface area (Å²) in [6.45, 7) is -0.743. The second-order valence-electron chi connectivity index (χ2n) is 4.34. The van der Waals surface area contributed by atoms with Crippen LogP contribution in [0.15, 0.2) is 35.3 Å². The molecule has 0 unspecified atom stereocenters. The number of aromatic amines is 1. The number of aliphatic carboxylic acids is 1. The number of carbonyl (C=O) groups is 2. The number of benzene rings is 1. The lowest BCUT2D eigenvalue weighted by molar-refractivity contribution is -0.137. The molecule has 1 aromatic carbocycles. The summed E-state index contributed by atoms with van der Waals surface area (Å²) in [6.07, 6.45) is 6.40. The van der Waals surface area contributed by atoms with Crippen LogP contribution in [0.5, 0.6) is 0 Å². The minimum Gasteiger partial charge on any atom is -0.480 e. The van der Waals surface area contributed by atoms with Gasteiger partial charge in [-0.1, -0.05) is 18.1 Å². The van der Waals surface area contributed by atoms with Crippen molar-refractivity contribution in [2.75, 3.05) is 13.1 Å². The molecule has 0 saturated heterocycles. The average Bonchev–Trinajstić information content (AvgIpc) is 2.46. The monoisotopic (exact) mass is 284 g/mol. The molecule has 6 nitrogen and oxygen atoms in total. The second-order valence-corrected chi connectivity index (χ2v) is 4.34. The van der Waals surface area contributed by atoms with Crippen LogP contribution in [0.4, 0.5) is 0 Å². The molecule has 106 valence electrons. The van der Waals surface area contributed by atoms with Crippen LogP contribution in [-0.2, 0) is 4.79 Å². The maximum Gasteiger partial charge on any atom is 0.323 e. The molecule has 2 rings (SSSR count). The summed E-state index contributed by atoms with van der Waals surface area (Å²) in [6, 6.07) is 6.74. The molecule has 0 aliphatic carbocycles. The molecule has 6 heteroatoms. The Morgan fingerprint density at radius 1 is 1.33 bits per heavy atom. The molecule has 1 amide bonds. The van der Waals surface area contributed by atoms with E-state index in [-0.39, 0.29) is 12.1 Å². The predicted octanol–water partition coefficient (Wildman–Crippen LogP) is 0.688. The Hall–Kier alpha value is -3.07. The van der Waals surface area contributed by atoms with Crippen molar-refractivity contribution < 1.29 is 14.7 Å². The van der Waals surface area contributed by atoms with E-state index >= 15 is 0 Å². The van der Waals surface area contributed by atoms with E-state index in [1.165, 1.54) is 6.20 Å². The summed E-state index contributed by atoms with van der Waals surface area (Å²) in [5.74, 6) is 0.305. The Kier molecular flexibility index (Phi) is 4.05. The molecule has 1 heterocycles. The summed E-state index contributed by atoms with van der Waals surface area (Å²) >= 11 is 0. The molecule has 2 N–H and O–H groups in total. The Morgan fingerprint density at radius 3 is 2.71 bits per heavy atom. The molecular formula is C15H12N2O4. The highest BCUT2D eigenvalue weighted by Crippen LogP contribution is 2.08. The topological polar surface area (TPSA) is 90.5 Å². The predicted molar refractivity (Wildman–Crippen MR) is 76.9 cm³/mol. The third-order valence-electron chi connectivity index (χ3n) is 2.91. The van der Waals surface area contributed by atoms with E-state index in [1.54, 1.807) is 24.3 Å². The number of aromatic nitrogens is 1. The summed E-state index contributed by atoms with van der Waals surface area (Å²) in [4.78, 5) is 39.1. The highest BCUT2D eigenvalue weighted by atomic mass is 16.4. The van der Waals surface area contributed by atoms with Crippen molar-refractivity contribution in [3.8, 4) is 12.3 Å². The van der Waals surface area contributed by atoms with Gasteiger partial charge in [0.1, 0.15) is 12.1 Å².